The fourth-order valence-electron chi connectivity index (χ4n) is 2.13. The van der Waals surface area contributed by atoms with Crippen LogP contribution in [0.25, 0.3) is 0 Å². The number of halogens is 1. The zero-order valence-electron chi connectivity index (χ0n) is 14.8. The number of anilines is 1. The average Bonchev–Trinajstić information content (AvgIpc) is 3.11. The lowest BCUT2D eigenvalue weighted by molar-refractivity contribution is 0.0594. The normalized spacial score (nSPS) is 15.7. The van der Waals surface area contributed by atoms with E-state index in [1.54, 1.807) is 6.07 Å². The molecule has 1 aromatic rings. The lowest BCUT2D eigenvalue weighted by atomic mass is 10.1. The number of methoxy groups -OCH3 is 1. The van der Waals surface area contributed by atoms with Gasteiger partial charge in [0, 0.05) is 18.7 Å². The van der Waals surface area contributed by atoms with Crippen LogP contribution in [0, 0.1) is 0 Å². The summed E-state index contributed by atoms with van der Waals surface area (Å²) >= 11 is 5.79. The molecule has 0 aromatic carbocycles. The van der Waals surface area contributed by atoms with Crippen LogP contribution in [0.5, 0.6) is 0 Å². The average molecular weight is 345 g/mol. The Labute approximate surface area is 144 Å². The van der Waals surface area contributed by atoms with Gasteiger partial charge in [-0.3, -0.25) is 0 Å². The van der Waals surface area contributed by atoms with E-state index in [1.165, 1.54) is 20.0 Å². The summed E-state index contributed by atoms with van der Waals surface area (Å²) in [6, 6.07) is 2.13. The van der Waals surface area contributed by atoms with Crippen molar-refractivity contribution in [2.75, 3.05) is 25.5 Å². The van der Waals surface area contributed by atoms with Gasteiger partial charge in [0.25, 0.3) is 0 Å². The Bertz CT molecular complexity index is 452. The van der Waals surface area contributed by atoms with Crippen LogP contribution >= 0.6 is 11.6 Å². The number of carbonyl (C=O) groups excluding carboxylic acids is 1. The Morgan fingerprint density at radius 2 is 2.09 bits per heavy atom. The number of aromatic nitrogens is 2. The Kier molecular flexibility index (Phi) is 12.3. The third-order valence-electron chi connectivity index (χ3n) is 3.11. The predicted molar refractivity (Wildman–Crippen MR) is 95.2 cm³/mol. The molecule has 2 heterocycles. The first kappa shape index (κ1) is 21.6. The van der Waals surface area contributed by atoms with Crippen molar-refractivity contribution in [3.8, 4) is 0 Å². The lowest BCUT2D eigenvalue weighted by Gasteiger charge is -2.13. The summed E-state index contributed by atoms with van der Waals surface area (Å²) in [5, 5.41) is 14.3. The maximum Gasteiger partial charge on any atom is 0.360 e. The molecule has 1 aliphatic heterocycles. The van der Waals surface area contributed by atoms with Crippen molar-refractivity contribution >= 4 is 23.3 Å². The summed E-state index contributed by atoms with van der Waals surface area (Å²) in [4.78, 5) is 11.5. The van der Waals surface area contributed by atoms with Crippen LogP contribution in [0.2, 0.25) is 5.15 Å². The quantitative estimate of drug-likeness (QED) is 0.796. The molecule has 6 nitrogen and oxygen atoms in total. The second kappa shape index (κ2) is 13.1. The molecular weight excluding hydrogens is 316 g/mol. The summed E-state index contributed by atoms with van der Waals surface area (Å²) in [7, 11) is 1.31. The first-order valence-electron chi connectivity index (χ1n) is 8.29. The van der Waals surface area contributed by atoms with E-state index in [2.05, 4.69) is 25.6 Å². The van der Waals surface area contributed by atoms with Gasteiger partial charge in [0.2, 0.25) is 0 Å². The molecule has 2 N–H and O–H groups in total. The fraction of sp³-hybridized carbons (Fsp3) is 0.688. The largest absolute Gasteiger partial charge is 0.464 e. The number of nitrogens with zero attached hydrogens (tertiary/aromatic N) is 2. The van der Waals surface area contributed by atoms with Crippen LogP contribution in [0.3, 0.4) is 0 Å². The third-order valence-corrected chi connectivity index (χ3v) is 3.30. The topological polar surface area (TPSA) is 76.1 Å². The van der Waals surface area contributed by atoms with E-state index < -0.39 is 5.97 Å². The second-order valence-corrected chi connectivity index (χ2v) is 4.82. The Morgan fingerprint density at radius 1 is 1.39 bits per heavy atom. The molecule has 0 spiro atoms. The summed E-state index contributed by atoms with van der Waals surface area (Å²) in [5.74, 6) is -0.523. The van der Waals surface area contributed by atoms with Crippen LogP contribution in [0.1, 0.15) is 57.4 Å². The van der Waals surface area contributed by atoms with Crippen LogP contribution in [-0.4, -0.2) is 42.4 Å². The molecule has 0 aliphatic carbocycles. The molecule has 0 amide bonds. The number of hydrogen-bond acceptors (Lipinski definition) is 6. The molecule has 132 valence electrons. The van der Waals surface area contributed by atoms with Gasteiger partial charge in [0.15, 0.2) is 10.8 Å². The van der Waals surface area contributed by atoms with Crippen molar-refractivity contribution in [2.24, 2.45) is 0 Å². The summed E-state index contributed by atoms with van der Waals surface area (Å²) in [5.41, 5.74) is 0.719. The summed E-state index contributed by atoms with van der Waals surface area (Å²) in [6.07, 6.45) is 3.40. The minimum absolute atomic E-state index is 0.159. The third kappa shape index (κ3) is 7.61. The molecule has 1 saturated heterocycles. The van der Waals surface area contributed by atoms with E-state index in [0.717, 1.165) is 19.5 Å². The monoisotopic (exact) mass is 344 g/mol. The number of nitrogens with one attached hydrogen (secondary N) is 2. The predicted octanol–water partition coefficient (Wildman–Crippen LogP) is 3.52. The van der Waals surface area contributed by atoms with Gasteiger partial charge in [-0.15, -0.1) is 10.2 Å². The van der Waals surface area contributed by atoms with Gasteiger partial charge in [-0.25, -0.2) is 4.79 Å². The van der Waals surface area contributed by atoms with Gasteiger partial charge in [0.05, 0.1) is 12.8 Å². The first-order chi connectivity index (χ1) is 11.2. The second-order valence-electron chi connectivity index (χ2n) is 4.43. The molecular formula is C16H29ClN4O2. The Balaban J connectivity index is 0.00000112. The summed E-state index contributed by atoms with van der Waals surface area (Å²) < 4.78 is 4.66. The molecule has 1 unspecified atom stereocenters. The molecule has 1 aromatic heterocycles. The number of ether oxygens (including phenoxy) is 1. The van der Waals surface area contributed by atoms with Gasteiger partial charge in [-0.2, -0.15) is 0 Å². The van der Waals surface area contributed by atoms with Gasteiger partial charge in [-0.05, 0) is 25.8 Å². The maximum atomic E-state index is 11.5. The van der Waals surface area contributed by atoms with E-state index in [4.69, 9.17) is 11.6 Å². The SMILES string of the molecule is CC.CC.COC(=O)c1nnc(Cl)cc1NCCC1CCCN1. The molecule has 1 aliphatic rings. The summed E-state index contributed by atoms with van der Waals surface area (Å²) in [6.45, 7) is 9.82. The highest BCUT2D eigenvalue weighted by atomic mass is 35.5. The Morgan fingerprint density at radius 3 is 2.65 bits per heavy atom. The van der Waals surface area contributed by atoms with Crippen molar-refractivity contribution < 1.29 is 9.53 Å². The van der Waals surface area contributed by atoms with Gasteiger partial charge in [-0.1, -0.05) is 39.3 Å². The standard InChI is InChI=1S/C12H17ClN4O2.2C2H6/c1-19-12(18)11-9(7-10(13)16-17-11)15-6-4-8-3-2-5-14-8;2*1-2/h7-8,14H,2-6H2,1H3,(H,15,16);2*1-2H3. The zero-order chi connectivity index (χ0) is 17.7. The highest BCUT2D eigenvalue weighted by Crippen LogP contribution is 2.18. The van der Waals surface area contributed by atoms with E-state index in [1.807, 2.05) is 27.7 Å². The zero-order valence-corrected chi connectivity index (χ0v) is 15.5. The van der Waals surface area contributed by atoms with E-state index in [9.17, 15) is 4.79 Å². The van der Waals surface area contributed by atoms with Gasteiger partial charge >= 0.3 is 5.97 Å². The fourth-order valence-corrected chi connectivity index (χ4v) is 2.28. The van der Waals surface area contributed by atoms with E-state index in [-0.39, 0.29) is 10.8 Å². The molecule has 0 saturated carbocycles. The van der Waals surface area contributed by atoms with Crippen LogP contribution in [0.4, 0.5) is 5.69 Å². The lowest BCUT2D eigenvalue weighted by Crippen LogP contribution is -2.24. The van der Waals surface area contributed by atoms with Crippen molar-refractivity contribution in [3.05, 3.63) is 16.9 Å². The maximum absolute atomic E-state index is 11.5. The molecule has 1 atom stereocenters. The molecule has 0 radical (unpaired) electrons. The number of esters is 1. The van der Waals surface area contributed by atoms with Crippen molar-refractivity contribution in [3.63, 3.8) is 0 Å². The molecule has 1 fully saturated rings. The van der Waals surface area contributed by atoms with Crippen LogP contribution in [-0.2, 0) is 4.74 Å². The first-order valence-corrected chi connectivity index (χ1v) is 8.67. The van der Waals surface area contributed by atoms with Crippen molar-refractivity contribution in [2.45, 2.75) is 53.0 Å². The number of carbonyl (C=O) groups is 1. The number of rotatable bonds is 5. The minimum Gasteiger partial charge on any atom is -0.464 e. The Hall–Kier alpha value is -1.40. The van der Waals surface area contributed by atoms with Gasteiger partial charge < -0.3 is 15.4 Å². The highest BCUT2D eigenvalue weighted by molar-refractivity contribution is 6.29. The van der Waals surface area contributed by atoms with Crippen LogP contribution in [0.15, 0.2) is 6.07 Å². The highest BCUT2D eigenvalue weighted by Gasteiger charge is 2.17. The number of hydrogen-bond donors (Lipinski definition) is 2. The molecule has 0 bridgehead atoms. The molecule has 23 heavy (non-hydrogen) atoms. The smallest absolute Gasteiger partial charge is 0.360 e. The van der Waals surface area contributed by atoms with Crippen LogP contribution < -0.4 is 10.6 Å². The van der Waals surface area contributed by atoms with Gasteiger partial charge in [0.1, 0.15) is 0 Å². The van der Waals surface area contributed by atoms with Crippen molar-refractivity contribution in [1.29, 1.82) is 0 Å². The van der Waals surface area contributed by atoms with E-state index in [0.29, 0.717) is 11.7 Å². The molecule has 7 heteroatoms. The van der Waals surface area contributed by atoms with E-state index >= 15 is 0 Å². The minimum atomic E-state index is -0.523. The van der Waals surface area contributed by atoms with Crippen molar-refractivity contribution in [1.82, 2.24) is 15.5 Å². The molecule has 2 rings (SSSR count).